The van der Waals surface area contributed by atoms with E-state index in [1.54, 1.807) is 6.92 Å². The fourth-order valence-electron chi connectivity index (χ4n) is 3.81. The standard InChI is InChI=1S/C25H29BN2O/c1-4-9-19(5-2)14-22-15-21(12-13-23(22)26)25-16-24(18(3)29)27-28(25)17-20-10-7-6-8-11-20/h6-8,10-13,15-16,19H,4-5,9,14,17H2,1-3H3/t19-/m0/s1. The quantitative estimate of drug-likeness (QED) is 0.386. The zero-order valence-electron chi connectivity index (χ0n) is 17.7. The fourth-order valence-corrected chi connectivity index (χ4v) is 3.81. The molecule has 0 amide bonds. The first-order valence-corrected chi connectivity index (χ1v) is 10.5. The first-order valence-electron chi connectivity index (χ1n) is 10.5. The molecule has 2 aromatic carbocycles. The Hall–Kier alpha value is -2.62. The van der Waals surface area contributed by atoms with Crippen molar-refractivity contribution in [2.75, 3.05) is 0 Å². The van der Waals surface area contributed by atoms with Gasteiger partial charge in [0.2, 0.25) is 0 Å². The lowest BCUT2D eigenvalue weighted by Gasteiger charge is -2.17. The van der Waals surface area contributed by atoms with Crippen LogP contribution in [0.3, 0.4) is 0 Å². The molecule has 0 saturated heterocycles. The second-order valence-corrected chi connectivity index (χ2v) is 7.79. The summed E-state index contributed by atoms with van der Waals surface area (Å²) in [6, 6.07) is 18.3. The van der Waals surface area contributed by atoms with Gasteiger partial charge in [-0.05, 0) is 24.0 Å². The lowest BCUT2D eigenvalue weighted by molar-refractivity contribution is 0.101. The molecule has 0 N–H and O–H groups in total. The second-order valence-electron chi connectivity index (χ2n) is 7.79. The van der Waals surface area contributed by atoms with Crippen molar-refractivity contribution in [1.82, 2.24) is 9.78 Å². The van der Waals surface area contributed by atoms with E-state index in [9.17, 15) is 4.79 Å². The summed E-state index contributed by atoms with van der Waals surface area (Å²) in [5.74, 6) is 0.613. The van der Waals surface area contributed by atoms with Crippen molar-refractivity contribution in [3.63, 3.8) is 0 Å². The van der Waals surface area contributed by atoms with Crippen LogP contribution in [0.25, 0.3) is 11.3 Å². The third-order valence-electron chi connectivity index (χ3n) is 5.54. The van der Waals surface area contributed by atoms with Crippen molar-refractivity contribution in [3.8, 4) is 11.3 Å². The van der Waals surface area contributed by atoms with Crippen molar-refractivity contribution in [3.05, 3.63) is 71.4 Å². The number of carbonyl (C=O) groups is 1. The van der Waals surface area contributed by atoms with E-state index in [0.29, 0.717) is 18.2 Å². The van der Waals surface area contributed by atoms with Gasteiger partial charge in [-0.3, -0.25) is 9.48 Å². The fraction of sp³-hybridized carbons (Fsp3) is 0.360. The normalized spacial score (nSPS) is 12.1. The van der Waals surface area contributed by atoms with Crippen LogP contribution < -0.4 is 5.46 Å². The summed E-state index contributed by atoms with van der Waals surface area (Å²) in [6.45, 7) is 6.66. The average molecular weight is 384 g/mol. The zero-order chi connectivity index (χ0) is 20.8. The molecule has 0 saturated carbocycles. The van der Waals surface area contributed by atoms with Gasteiger partial charge in [0.25, 0.3) is 0 Å². The van der Waals surface area contributed by atoms with Crippen molar-refractivity contribution >= 4 is 19.1 Å². The Bertz CT molecular complexity index is 962. The van der Waals surface area contributed by atoms with Gasteiger partial charge in [0, 0.05) is 12.5 Å². The molecule has 0 spiro atoms. The lowest BCUT2D eigenvalue weighted by Crippen LogP contribution is -2.15. The van der Waals surface area contributed by atoms with E-state index >= 15 is 0 Å². The van der Waals surface area contributed by atoms with Crippen LogP contribution in [0.4, 0.5) is 0 Å². The number of benzene rings is 2. The number of hydrogen-bond donors (Lipinski definition) is 0. The zero-order valence-corrected chi connectivity index (χ0v) is 17.7. The van der Waals surface area contributed by atoms with E-state index in [0.717, 1.165) is 35.1 Å². The first kappa shape index (κ1) is 21.1. The Morgan fingerprint density at radius 3 is 2.52 bits per heavy atom. The third kappa shape index (κ3) is 5.26. The molecule has 0 unspecified atom stereocenters. The summed E-state index contributed by atoms with van der Waals surface area (Å²) in [5.41, 5.74) is 5.66. The molecule has 3 rings (SSSR count). The minimum atomic E-state index is -0.0253. The summed E-state index contributed by atoms with van der Waals surface area (Å²) in [5, 5.41) is 4.58. The van der Waals surface area contributed by atoms with Gasteiger partial charge in [-0.15, -0.1) is 0 Å². The monoisotopic (exact) mass is 384 g/mol. The summed E-state index contributed by atoms with van der Waals surface area (Å²) >= 11 is 0. The highest BCUT2D eigenvalue weighted by atomic mass is 16.1. The van der Waals surface area contributed by atoms with Crippen LogP contribution in [0.1, 0.15) is 61.6 Å². The van der Waals surface area contributed by atoms with E-state index in [1.165, 1.54) is 18.4 Å². The van der Waals surface area contributed by atoms with Gasteiger partial charge in [-0.25, -0.2) is 0 Å². The predicted octanol–water partition coefficient (Wildman–Crippen LogP) is 4.96. The third-order valence-corrected chi connectivity index (χ3v) is 5.54. The molecule has 1 aromatic heterocycles. The molecule has 0 aliphatic carbocycles. The van der Waals surface area contributed by atoms with Crippen molar-refractivity contribution in [2.45, 2.75) is 53.0 Å². The Morgan fingerprint density at radius 1 is 1.10 bits per heavy atom. The Kier molecular flexibility index (Phi) is 7.08. The minimum absolute atomic E-state index is 0.0253. The molecule has 1 atom stereocenters. The Morgan fingerprint density at radius 2 is 1.86 bits per heavy atom. The van der Waals surface area contributed by atoms with Crippen LogP contribution in [-0.4, -0.2) is 23.4 Å². The molecule has 0 bridgehead atoms. The van der Waals surface area contributed by atoms with Crippen molar-refractivity contribution in [2.24, 2.45) is 5.92 Å². The molecule has 0 fully saturated rings. The first-order chi connectivity index (χ1) is 14.0. The largest absolute Gasteiger partial charge is 0.293 e. The molecule has 2 radical (unpaired) electrons. The van der Waals surface area contributed by atoms with Crippen molar-refractivity contribution < 1.29 is 4.79 Å². The van der Waals surface area contributed by atoms with Gasteiger partial charge in [0.05, 0.1) is 12.2 Å². The van der Waals surface area contributed by atoms with E-state index in [1.807, 2.05) is 41.1 Å². The van der Waals surface area contributed by atoms with Gasteiger partial charge >= 0.3 is 0 Å². The predicted molar refractivity (Wildman–Crippen MR) is 121 cm³/mol. The Balaban J connectivity index is 1.98. The van der Waals surface area contributed by atoms with Crippen molar-refractivity contribution in [1.29, 1.82) is 0 Å². The molecule has 1 heterocycles. The molecule has 3 aromatic rings. The maximum atomic E-state index is 12.0. The van der Waals surface area contributed by atoms with Gasteiger partial charge in [0.1, 0.15) is 13.5 Å². The average Bonchev–Trinajstić information content (AvgIpc) is 3.14. The molecule has 148 valence electrons. The molecule has 3 nitrogen and oxygen atoms in total. The highest BCUT2D eigenvalue weighted by Gasteiger charge is 2.15. The number of rotatable bonds is 9. The number of hydrogen-bond acceptors (Lipinski definition) is 2. The summed E-state index contributed by atoms with van der Waals surface area (Å²) < 4.78 is 1.92. The number of Topliss-reactive ketones (excluding diaryl/α,β-unsaturated/α-hetero) is 1. The van der Waals surface area contributed by atoms with Crippen LogP contribution in [0.5, 0.6) is 0 Å². The van der Waals surface area contributed by atoms with Crippen LogP contribution in [0.15, 0.2) is 54.6 Å². The molecule has 0 aliphatic rings. The van der Waals surface area contributed by atoms with Gasteiger partial charge in [0.15, 0.2) is 5.78 Å². The highest BCUT2D eigenvalue weighted by Crippen LogP contribution is 2.25. The van der Waals surface area contributed by atoms with Crippen LogP contribution >= 0.6 is 0 Å². The number of carbonyl (C=O) groups excluding carboxylic acids is 1. The van der Waals surface area contributed by atoms with Crippen LogP contribution in [0, 0.1) is 5.92 Å². The van der Waals surface area contributed by atoms with Gasteiger partial charge in [-0.2, -0.15) is 5.10 Å². The number of aromatic nitrogens is 2. The van der Waals surface area contributed by atoms with E-state index in [-0.39, 0.29) is 5.78 Å². The topological polar surface area (TPSA) is 34.9 Å². The maximum absolute atomic E-state index is 12.0. The summed E-state index contributed by atoms with van der Waals surface area (Å²) in [7, 11) is 6.31. The number of nitrogens with zero attached hydrogens (tertiary/aromatic N) is 2. The van der Waals surface area contributed by atoms with Gasteiger partial charge < -0.3 is 0 Å². The maximum Gasteiger partial charge on any atom is 0.180 e. The molecular formula is C25H29BN2O. The van der Waals surface area contributed by atoms with E-state index < -0.39 is 0 Å². The second kappa shape index (κ2) is 9.73. The summed E-state index contributed by atoms with van der Waals surface area (Å²) in [4.78, 5) is 12.0. The lowest BCUT2D eigenvalue weighted by atomic mass is 9.83. The minimum Gasteiger partial charge on any atom is -0.293 e. The molecule has 0 aliphatic heterocycles. The SMILES string of the molecule is [B]c1ccc(-c2cc(C(C)=O)nn2Cc2ccccc2)cc1C[C@@H](CC)CCC. The highest BCUT2D eigenvalue weighted by molar-refractivity contribution is 6.33. The van der Waals surface area contributed by atoms with Crippen LogP contribution in [-0.2, 0) is 13.0 Å². The molecule has 29 heavy (non-hydrogen) atoms. The van der Waals surface area contributed by atoms with Gasteiger partial charge in [-0.1, -0.05) is 92.7 Å². The van der Waals surface area contributed by atoms with Crippen LogP contribution in [0.2, 0.25) is 0 Å². The summed E-state index contributed by atoms with van der Waals surface area (Å²) in [6.07, 6.45) is 4.53. The number of ketones is 1. The molecular weight excluding hydrogens is 355 g/mol. The Labute approximate surface area is 175 Å². The smallest absolute Gasteiger partial charge is 0.180 e. The molecule has 4 heteroatoms. The van der Waals surface area contributed by atoms with E-state index in [4.69, 9.17) is 7.85 Å². The van der Waals surface area contributed by atoms with E-state index in [2.05, 4.69) is 37.1 Å².